The summed E-state index contributed by atoms with van der Waals surface area (Å²) in [5.41, 5.74) is 0.936. The molecule has 0 unspecified atom stereocenters. The number of alkyl halides is 3. The van der Waals surface area contributed by atoms with Crippen molar-refractivity contribution in [3.63, 3.8) is 0 Å². The number of ether oxygens (including phenoxy) is 1. The Morgan fingerprint density at radius 1 is 1.65 bits per heavy atom. The van der Waals surface area contributed by atoms with Crippen molar-refractivity contribution in [1.82, 2.24) is 0 Å². The molecule has 17 heavy (non-hydrogen) atoms. The lowest BCUT2D eigenvalue weighted by Crippen LogP contribution is -2.46. The van der Waals surface area contributed by atoms with Gasteiger partial charge in [-0.2, -0.15) is 0 Å². The molecule has 98 valence electrons. The third-order valence-electron chi connectivity index (χ3n) is 3.17. The fourth-order valence-electron chi connectivity index (χ4n) is 2.02. The van der Waals surface area contributed by atoms with Gasteiger partial charge in [0.15, 0.2) is 0 Å². The molecule has 2 nitrogen and oxygen atoms in total. The van der Waals surface area contributed by atoms with Crippen LogP contribution in [0.1, 0.15) is 27.2 Å². The van der Waals surface area contributed by atoms with Crippen LogP contribution < -0.4 is 0 Å². The smallest absolute Gasteiger partial charge is 0.303 e. The predicted molar refractivity (Wildman–Crippen MR) is 78.2 cm³/mol. The molecule has 0 N–H and O–H groups in total. The summed E-state index contributed by atoms with van der Waals surface area (Å²) >= 11 is 13.5. The van der Waals surface area contributed by atoms with Gasteiger partial charge in [-0.15, -0.1) is 11.6 Å². The summed E-state index contributed by atoms with van der Waals surface area (Å²) in [6, 6.07) is 0. The number of allylic oxidation sites excluding steroid dienone is 1. The normalized spacial score (nSPS) is 34.7. The van der Waals surface area contributed by atoms with Gasteiger partial charge in [0.1, 0.15) is 6.10 Å². The highest BCUT2D eigenvalue weighted by Crippen LogP contribution is 2.46. The Balaban J connectivity index is 3.00. The molecule has 0 heterocycles. The van der Waals surface area contributed by atoms with E-state index in [4.69, 9.17) is 16.3 Å². The van der Waals surface area contributed by atoms with Gasteiger partial charge >= 0.3 is 5.97 Å². The van der Waals surface area contributed by atoms with Gasteiger partial charge < -0.3 is 4.74 Å². The zero-order chi connectivity index (χ0) is 13.2. The largest absolute Gasteiger partial charge is 0.458 e. The third-order valence-corrected chi connectivity index (χ3v) is 5.86. The fraction of sp³-hybridized carbons (Fsp3) is 0.750. The summed E-state index contributed by atoms with van der Waals surface area (Å²) < 4.78 is 5.35. The Bertz CT molecular complexity index is 328. The van der Waals surface area contributed by atoms with E-state index in [0.717, 1.165) is 12.0 Å². The quantitative estimate of drug-likeness (QED) is 0.405. The lowest BCUT2D eigenvalue weighted by atomic mass is 9.73. The van der Waals surface area contributed by atoms with Crippen molar-refractivity contribution in [2.75, 3.05) is 5.33 Å². The number of hydrogen-bond donors (Lipinski definition) is 0. The first-order valence-electron chi connectivity index (χ1n) is 5.52. The number of esters is 1. The van der Waals surface area contributed by atoms with Crippen molar-refractivity contribution in [1.29, 1.82) is 0 Å². The molecule has 1 aliphatic rings. The van der Waals surface area contributed by atoms with Gasteiger partial charge in [0.05, 0.1) is 5.38 Å². The zero-order valence-electron chi connectivity index (χ0n) is 10.2. The van der Waals surface area contributed by atoms with E-state index in [2.05, 4.69) is 45.7 Å². The molecule has 0 radical (unpaired) electrons. The predicted octanol–water partition coefficient (Wildman–Crippen LogP) is 4.04. The second kappa shape index (κ2) is 6.07. The van der Waals surface area contributed by atoms with E-state index in [1.54, 1.807) is 0 Å². The fourth-order valence-corrected chi connectivity index (χ4v) is 3.53. The van der Waals surface area contributed by atoms with Crippen LogP contribution in [-0.4, -0.2) is 27.6 Å². The molecule has 0 aromatic carbocycles. The molecule has 1 saturated carbocycles. The van der Waals surface area contributed by atoms with E-state index in [1.165, 1.54) is 6.92 Å². The zero-order valence-corrected chi connectivity index (χ0v) is 14.1. The molecule has 1 aliphatic carbocycles. The van der Waals surface area contributed by atoms with Crippen molar-refractivity contribution in [2.24, 2.45) is 5.41 Å². The molecular formula is C12H17Br2ClO2. The average molecular weight is 389 g/mol. The van der Waals surface area contributed by atoms with Gasteiger partial charge in [0.25, 0.3) is 0 Å². The molecule has 1 rings (SSSR count). The van der Waals surface area contributed by atoms with Gasteiger partial charge in [0.2, 0.25) is 0 Å². The maximum absolute atomic E-state index is 11.1. The van der Waals surface area contributed by atoms with Crippen LogP contribution in [0.5, 0.6) is 0 Å². The Hall–Kier alpha value is 0.460. The topological polar surface area (TPSA) is 26.3 Å². The summed E-state index contributed by atoms with van der Waals surface area (Å²) in [6.07, 6.45) is 2.55. The third kappa shape index (κ3) is 3.48. The molecule has 3 atom stereocenters. The minimum atomic E-state index is -0.265. The van der Waals surface area contributed by atoms with Gasteiger partial charge in [-0.3, -0.25) is 4.79 Å². The number of halogens is 3. The van der Waals surface area contributed by atoms with Gasteiger partial charge in [-0.1, -0.05) is 51.8 Å². The minimum absolute atomic E-state index is 0.0633. The van der Waals surface area contributed by atoms with Gasteiger partial charge in [-0.25, -0.2) is 0 Å². The SMILES string of the molecule is CC(=O)O[C@@H]1C[C@H](Br)C(C)(C)[C@H](Cl)/C1=C\CBr. The molecular weight excluding hydrogens is 371 g/mol. The summed E-state index contributed by atoms with van der Waals surface area (Å²) in [5, 5.41) is 0.578. The minimum Gasteiger partial charge on any atom is -0.458 e. The Morgan fingerprint density at radius 3 is 2.71 bits per heavy atom. The number of rotatable bonds is 2. The first-order chi connectivity index (χ1) is 7.80. The second-order valence-corrected chi connectivity index (χ2v) is 7.03. The Kier molecular flexibility index (Phi) is 5.54. The van der Waals surface area contributed by atoms with Crippen molar-refractivity contribution >= 4 is 49.4 Å². The van der Waals surface area contributed by atoms with Crippen LogP contribution in [-0.2, 0) is 9.53 Å². The van der Waals surface area contributed by atoms with Crippen molar-refractivity contribution in [2.45, 2.75) is 43.5 Å². The maximum atomic E-state index is 11.1. The number of carbonyl (C=O) groups excluding carboxylic acids is 1. The lowest BCUT2D eigenvalue weighted by molar-refractivity contribution is -0.145. The van der Waals surface area contributed by atoms with Crippen LogP contribution in [0.4, 0.5) is 0 Å². The summed E-state index contributed by atoms with van der Waals surface area (Å²) in [5.74, 6) is -0.265. The number of hydrogen-bond acceptors (Lipinski definition) is 2. The highest BCUT2D eigenvalue weighted by Gasteiger charge is 2.45. The van der Waals surface area contributed by atoms with E-state index in [0.29, 0.717) is 5.33 Å². The van der Waals surface area contributed by atoms with Crippen molar-refractivity contribution in [3.8, 4) is 0 Å². The second-order valence-electron chi connectivity index (χ2n) is 4.84. The summed E-state index contributed by atoms with van der Waals surface area (Å²) in [7, 11) is 0. The van der Waals surface area contributed by atoms with Gasteiger partial charge in [-0.05, 0) is 11.0 Å². The Labute approximate surface area is 124 Å². The van der Waals surface area contributed by atoms with E-state index in [9.17, 15) is 4.79 Å². The lowest BCUT2D eigenvalue weighted by Gasteiger charge is -2.44. The highest BCUT2D eigenvalue weighted by molar-refractivity contribution is 9.09. The molecule has 0 amide bonds. The molecule has 0 aromatic rings. The van der Waals surface area contributed by atoms with Crippen LogP contribution in [0.3, 0.4) is 0 Å². The summed E-state index contributed by atoms with van der Waals surface area (Å²) in [4.78, 5) is 11.3. The monoisotopic (exact) mass is 386 g/mol. The average Bonchev–Trinajstić information content (AvgIpc) is 2.21. The maximum Gasteiger partial charge on any atom is 0.303 e. The molecule has 5 heteroatoms. The standard InChI is InChI=1S/C12H17Br2ClO2/c1-7(16)17-9-6-10(14)12(2,3)11(15)8(9)4-5-13/h4,9-11H,5-6H2,1-3H3/b8-4-/t9-,10+,11-/m1/s1. The number of carbonyl (C=O) groups is 1. The molecule has 0 aromatic heterocycles. The highest BCUT2D eigenvalue weighted by atomic mass is 79.9. The summed E-state index contributed by atoms with van der Waals surface area (Å²) in [6.45, 7) is 5.67. The molecule has 0 spiro atoms. The molecule has 0 saturated heterocycles. The molecule has 1 fully saturated rings. The first-order valence-corrected chi connectivity index (χ1v) is 7.99. The van der Waals surface area contributed by atoms with E-state index >= 15 is 0 Å². The van der Waals surface area contributed by atoms with E-state index in [-0.39, 0.29) is 27.7 Å². The first kappa shape index (κ1) is 15.5. The van der Waals surface area contributed by atoms with Crippen LogP contribution in [0.25, 0.3) is 0 Å². The Morgan fingerprint density at radius 2 is 2.24 bits per heavy atom. The van der Waals surface area contributed by atoms with Crippen LogP contribution in [0.15, 0.2) is 11.6 Å². The van der Waals surface area contributed by atoms with Crippen LogP contribution in [0.2, 0.25) is 0 Å². The van der Waals surface area contributed by atoms with E-state index in [1.807, 2.05) is 6.08 Å². The molecule has 0 bridgehead atoms. The van der Waals surface area contributed by atoms with Gasteiger partial charge in [0, 0.05) is 23.5 Å². The van der Waals surface area contributed by atoms with Crippen molar-refractivity contribution < 1.29 is 9.53 Å². The van der Waals surface area contributed by atoms with E-state index < -0.39 is 0 Å². The van der Waals surface area contributed by atoms with Crippen LogP contribution >= 0.6 is 43.5 Å². The van der Waals surface area contributed by atoms with Crippen LogP contribution in [0, 0.1) is 5.41 Å². The molecule has 0 aliphatic heterocycles. The van der Waals surface area contributed by atoms with Crippen molar-refractivity contribution in [3.05, 3.63) is 11.6 Å².